The number of furan rings is 1. The third-order valence-electron chi connectivity index (χ3n) is 3.93. The lowest BCUT2D eigenvalue weighted by molar-refractivity contribution is 0.500. The molecular weight excluding hydrogens is 262 g/mol. The van der Waals surface area contributed by atoms with Crippen molar-refractivity contribution in [2.75, 3.05) is 11.4 Å². The van der Waals surface area contributed by atoms with Crippen molar-refractivity contribution in [2.24, 2.45) is 0 Å². The zero-order chi connectivity index (χ0) is 14.7. The van der Waals surface area contributed by atoms with Crippen LogP contribution in [0.1, 0.15) is 36.8 Å². The molecule has 0 amide bonds. The van der Waals surface area contributed by atoms with E-state index in [1.54, 1.807) is 6.26 Å². The molecule has 2 aromatic rings. The maximum absolute atomic E-state index is 5.49. The molecular formula is C17H23N3O. The first-order chi connectivity index (χ1) is 10.3. The predicted octanol–water partition coefficient (Wildman–Crippen LogP) is 3.26. The summed E-state index contributed by atoms with van der Waals surface area (Å²) in [5.74, 6) is 2.06. The van der Waals surface area contributed by atoms with E-state index >= 15 is 0 Å². The third-order valence-corrected chi connectivity index (χ3v) is 3.93. The van der Waals surface area contributed by atoms with Crippen LogP contribution in [-0.2, 0) is 13.1 Å². The van der Waals surface area contributed by atoms with Crippen LogP contribution >= 0.6 is 0 Å². The molecule has 1 aliphatic carbocycles. The first kappa shape index (κ1) is 14.1. The Balaban J connectivity index is 1.77. The number of aryl methyl sites for hydroxylation is 1. The summed E-state index contributed by atoms with van der Waals surface area (Å²) in [6, 6.07) is 8.92. The van der Waals surface area contributed by atoms with Crippen molar-refractivity contribution < 1.29 is 4.42 Å². The minimum absolute atomic E-state index is 0.613. The quantitative estimate of drug-likeness (QED) is 0.848. The van der Waals surface area contributed by atoms with E-state index in [1.807, 2.05) is 12.1 Å². The summed E-state index contributed by atoms with van der Waals surface area (Å²) in [7, 11) is 0. The second-order valence-electron chi connectivity index (χ2n) is 5.63. The van der Waals surface area contributed by atoms with Crippen molar-refractivity contribution >= 4 is 5.82 Å². The minimum atomic E-state index is 0.613. The van der Waals surface area contributed by atoms with Crippen molar-refractivity contribution in [3.05, 3.63) is 47.5 Å². The number of hydrogen-bond acceptors (Lipinski definition) is 4. The van der Waals surface area contributed by atoms with Gasteiger partial charge >= 0.3 is 0 Å². The van der Waals surface area contributed by atoms with Gasteiger partial charge in [-0.1, -0.05) is 13.0 Å². The van der Waals surface area contributed by atoms with Crippen molar-refractivity contribution in [3.8, 4) is 0 Å². The number of aromatic nitrogens is 1. The molecule has 1 fully saturated rings. The van der Waals surface area contributed by atoms with E-state index in [9.17, 15) is 0 Å². The molecule has 0 radical (unpaired) electrons. The van der Waals surface area contributed by atoms with E-state index < -0.39 is 0 Å². The highest BCUT2D eigenvalue weighted by atomic mass is 16.3. The van der Waals surface area contributed by atoms with Crippen LogP contribution in [0.2, 0.25) is 0 Å². The Morgan fingerprint density at radius 1 is 1.33 bits per heavy atom. The van der Waals surface area contributed by atoms with Crippen LogP contribution in [-0.4, -0.2) is 17.6 Å². The Morgan fingerprint density at radius 2 is 2.19 bits per heavy atom. The Kier molecular flexibility index (Phi) is 4.25. The molecule has 0 saturated heterocycles. The average Bonchev–Trinajstić information content (AvgIpc) is 3.20. The van der Waals surface area contributed by atoms with Crippen LogP contribution in [0.5, 0.6) is 0 Å². The molecule has 0 spiro atoms. The van der Waals surface area contributed by atoms with Crippen LogP contribution in [0.25, 0.3) is 0 Å². The van der Waals surface area contributed by atoms with Gasteiger partial charge in [-0.2, -0.15) is 0 Å². The fraction of sp³-hybridized carbons (Fsp3) is 0.471. The number of nitrogens with one attached hydrogen (secondary N) is 1. The van der Waals surface area contributed by atoms with Gasteiger partial charge in [0.15, 0.2) is 0 Å². The summed E-state index contributed by atoms with van der Waals surface area (Å²) in [6.07, 6.45) is 4.24. The second kappa shape index (κ2) is 6.31. The molecule has 0 aliphatic heterocycles. The van der Waals surface area contributed by atoms with Gasteiger partial charge in [0, 0.05) is 18.3 Å². The number of hydrogen-bond donors (Lipinski definition) is 1. The van der Waals surface area contributed by atoms with E-state index in [0.717, 1.165) is 36.9 Å². The smallest absolute Gasteiger partial charge is 0.129 e. The van der Waals surface area contributed by atoms with Crippen molar-refractivity contribution in [2.45, 2.75) is 45.8 Å². The molecule has 0 aromatic carbocycles. The molecule has 2 aromatic heterocycles. The lowest BCUT2D eigenvalue weighted by atomic mass is 10.2. The summed E-state index contributed by atoms with van der Waals surface area (Å²) in [4.78, 5) is 7.18. The van der Waals surface area contributed by atoms with E-state index in [0.29, 0.717) is 6.04 Å². The van der Waals surface area contributed by atoms with Gasteiger partial charge < -0.3 is 14.6 Å². The molecule has 0 atom stereocenters. The number of anilines is 1. The summed E-state index contributed by atoms with van der Waals surface area (Å²) in [5.41, 5.74) is 2.38. The van der Waals surface area contributed by atoms with Gasteiger partial charge in [-0.3, -0.25) is 0 Å². The molecule has 112 valence electrons. The van der Waals surface area contributed by atoms with Crippen LogP contribution in [0.15, 0.2) is 34.9 Å². The zero-order valence-electron chi connectivity index (χ0n) is 12.8. The molecule has 4 heteroatoms. The normalized spacial score (nSPS) is 14.4. The molecule has 1 aliphatic rings. The molecule has 4 nitrogen and oxygen atoms in total. The highest BCUT2D eigenvalue weighted by molar-refractivity contribution is 5.44. The van der Waals surface area contributed by atoms with E-state index in [4.69, 9.17) is 9.40 Å². The minimum Gasteiger partial charge on any atom is -0.467 e. The largest absolute Gasteiger partial charge is 0.467 e. The molecule has 1 saturated carbocycles. The molecule has 2 heterocycles. The highest BCUT2D eigenvalue weighted by Crippen LogP contribution is 2.32. The van der Waals surface area contributed by atoms with Crippen molar-refractivity contribution in [1.29, 1.82) is 0 Å². The zero-order valence-corrected chi connectivity index (χ0v) is 12.8. The van der Waals surface area contributed by atoms with Crippen LogP contribution < -0.4 is 10.2 Å². The van der Waals surface area contributed by atoms with Crippen LogP contribution in [0, 0.1) is 6.92 Å². The van der Waals surface area contributed by atoms with E-state index in [1.165, 1.54) is 18.4 Å². The summed E-state index contributed by atoms with van der Waals surface area (Å²) in [6.45, 7) is 6.88. The van der Waals surface area contributed by atoms with Gasteiger partial charge in [0.2, 0.25) is 0 Å². The maximum Gasteiger partial charge on any atom is 0.129 e. The Hall–Kier alpha value is -1.81. The lowest BCUT2D eigenvalue weighted by Gasteiger charge is -2.23. The Morgan fingerprint density at radius 3 is 2.81 bits per heavy atom. The van der Waals surface area contributed by atoms with Gasteiger partial charge in [-0.05, 0) is 50.1 Å². The first-order valence-electron chi connectivity index (χ1n) is 7.74. The van der Waals surface area contributed by atoms with Crippen LogP contribution in [0.3, 0.4) is 0 Å². The fourth-order valence-corrected chi connectivity index (χ4v) is 2.54. The summed E-state index contributed by atoms with van der Waals surface area (Å²) in [5, 5.41) is 3.36. The van der Waals surface area contributed by atoms with Gasteiger partial charge in [0.05, 0.1) is 12.8 Å². The Bertz CT molecular complexity index is 576. The molecule has 0 unspecified atom stereocenters. The predicted molar refractivity (Wildman–Crippen MR) is 84.3 cm³/mol. The lowest BCUT2D eigenvalue weighted by Crippen LogP contribution is -2.26. The fourth-order valence-electron chi connectivity index (χ4n) is 2.54. The van der Waals surface area contributed by atoms with Gasteiger partial charge in [0.1, 0.15) is 11.6 Å². The van der Waals surface area contributed by atoms with E-state index in [2.05, 4.69) is 36.2 Å². The SMILES string of the molecule is CCNCc1ccc(N(Cc2ccco2)C2CC2)nc1C. The van der Waals surface area contributed by atoms with E-state index in [-0.39, 0.29) is 0 Å². The summed E-state index contributed by atoms with van der Waals surface area (Å²) < 4.78 is 5.49. The number of pyridine rings is 1. The maximum atomic E-state index is 5.49. The molecule has 0 bridgehead atoms. The molecule has 21 heavy (non-hydrogen) atoms. The Labute approximate surface area is 126 Å². The summed E-state index contributed by atoms with van der Waals surface area (Å²) >= 11 is 0. The van der Waals surface area contributed by atoms with Gasteiger partial charge in [0.25, 0.3) is 0 Å². The van der Waals surface area contributed by atoms with Gasteiger partial charge in [-0.25, -0.2) is 4.98 Å². The first-order valence-corrected chi connectivity index (χ1v) is 7.74. The average molecular weight is 285 g/mol. The number of rotatable bonds is 7. The second-order valence-corrected chi connectivity index (χ2v) is 5.63. The van der Waals surface area contributed by atoms with Gasteiger partial charge in [-0.15, -0.1) is 0 Å². The van der Waals surface area contributed by atoms with Crippen molar-refractivity contribution in [1.82, 2.24) is 10.3 Å². The highest BCUT2D eigenvalue weighted by Gasteiger charge is 2.30. The van der Waals surface area contributed by atoms with Crippen LogP contribution in [0.4, 0.5) is 5.82 Å². The monoisotopic (exact) mass is 285 g/mol. The molecule has 1 N–H and O–H groups in total. The molecule has 3 rings (SSSR count). The number of nitrogens with zero attached hydrogens (tertiary/aromatic N) is 2. The van der Waals surface area contributed by atoms with Crippen molar-refractivity contribution in [3.63, 3.8) is 0 Å². The third kappa shape index (κ3) is 3.45. The topological polar surface area (TPSA) is 41.3 Å². The standard InChI is InChI=1S/C17H23N3O/c1-3-18-11-14-6-9-17(19-13(14)2)20(15-7-8-15)12-16-5-4-10-21-16/h4-6,9-10,15,18H,3,7-8,11-12H2,1-2H3.